The van der Waals surface area contributed by atoms with Crippen LogP contribution in [0.2, 0.25) is 0 Å². The van der Waals surface area contributed by atoms with Gasteiger partial charge in [0, 0.05) is 37.1 Å². The van der Waals surface area contributed by atoms with Crippen molar-refractivity contribution in [3.8, 4) is 0 Å². The molecule has 5 rings (SSSR count). The lowest BCUT2D eigenvalue weighted by atomic mass is 10.0. The van der Waals surface area contributed by atoms with Crippen molar-refractivity contribution in [2.75, 3.05) is 37.7 Å². The molecule has 0 bridgehead atoms. The quantitative estimate of drug-likeness (QED) is 0.588. The number of carbonyl (C=O) groups is 1. The first-order valence-corrected chi connectivity index (χ1v) is 12.4. The summed E-state index contributed by atoms with van der Waals surface area (Å²) in [6.45, 7) is 1.47. The molecule has 1 amide bonds. The number of morpholine rings is 1. The molecule has 2 aliphatic heterocycles. The van der Waals surface area contributed by atoms with Crippen LogP contribution in [-0.2, 0) is 14.9 Å². The number of pyridine rings is 1. The molecular formula is C22H23F2N5O4S. The number of aromatic nitrogens is 2. The van der Waals surface area contributed by atoms with E-state index in [1.54, 1.807) is 18.3 Å². The number of hydrogen-bond acceptors (Lipinski definition) is 6. The lowest BCUT2D eigenvalue weighted by Crippen LogP contribution is -2.48. The van der Waals surface area contributed by atoms with Gasteiger partial charge in [-0.25, -0.2) is 18.0 Å². The molecule has 2 aliphatic rings. The first-order valence-electron chi connectivity index (χ1n) is 10.9. The standard InChI is InChI=1S/C22H23F2N5O4S/c23-15-3-4-19(24)17(12-15)20-2-1-6-28(20)16-5-7-29-21(13-16)18(14-25-29)22(30)26-34(31,32)27-8-10-33-11-9-27/h3-5,7,12-14,20H,1-2,6,8-11H2,(H,26,30). The summed E-state index contributed by atoms with van der Waals surface area (Å²) in [5.41, 5.74) is 1.47. The van der Waals surface area contributed by atoms with Gasteiger partial charge in [-0.2, -0.15) is 17.8 Å². The van der Waals surface area contributed by atoms with Crippen LogP contribution in [-0.4, -0.2) is 61.1 Å². The van der Waals surface area contributed by atoms with Crippen LogP contribution in [0.1, 0.15) is 34.8 Å². The van der Waals surface area contributed by atoms with Gasteiger partial charge < -0.3 is 9.64 Å². The molecule has 3 aromatic rings. The van der Waals surface area contributed by atoms with E-state index in [1.165, 1.54) is 16.8 Å². The third kappa shape index (κ3) is 4.24. The van der Waals surface area contributed by atoms with Crippen molar-refractivity contribution in [2.45, 2.75) is 18.9 Å². The molecule has 180 valence electrons. The van der Waals surface area contributed by atoms with Crippen LogP contribution in [0.3, 0.4) is 0 Å². The van der Waals surface area contributed by atoms with Crippen LogP contribution in [0.25, 0.3) is 5.52 Å². The molecule has 1 aromatic carbocycles. The summed E-state index contributed by atoms with van der Waals surface area (Å²) in [6.07, 6.45) is 4.39. The number of carbonyl (C=O) groups excluding carboxylic acids is 1. The van der Waals surface area contributed by atoms with Crippen molar-refractivity contribution in [1.29, 1.82) is 0 Å². The number of hydrogen-bond donors (Lipinski definition) is 1. The molecule has 1 N–H and O–H groups in total. The van der Waals surface area contributed by atoms with Gasteiger partial charge in [-0.1, -0.05) is 0 Å². The fourth-order valence-corrected chi connectivity index (χ4v) is 5.62. The molecule has 0 saturated carbocycles. The zero-order chi connectivity index (χ0) is 23.9. The number of ether oxygens (including phenoxy) is 1. The number of amides is 1. The molecule has 2 saturated heterocycles. The fraction of sp³-hybridized carbons (Fsp3) is 0.364. The molecule has 0 spiro atoms. The van der Waals surface area contributed by atoms with Gasteiger partial charge in [0.2, 0.25) is 0 Å². The number of nitrogens with zero attached hydrogens (tertiary/aromatic N) is 4. The Hall–Kier alpha value is -3.09. The SMILES string of the molecule is O=C(NS(=O)(=O)N1CCOCC1)c1cnn2ccc(N3CCCC3c3cc(F)ccc3F)cc12. The molecule has 2 fully saturated rings. The van der Waals surface area contributed by atoms with Gasteiger partial charge >= 0.3 is 10.2 Å². The Morgan fingerprint density at radius 1 is 1.12 bits per heavy atom. The van der Waals surface area contributed by atoms with E-state index in [4.69, 9.17) is 4.74 Å². The van der Waals surface area contributed by atoms with Gasteiger partial charge in [0.1, 0.15) is 11.6 Å². The number of fused-ring (bicyclic) bond motifs is 1. The van der Waals surface area contributed by atoms with Crippen LogP contribution >= 0.6 is 0 Å². The summed E-state index contributed by atoms with van der Waals surface area (Å²) in [6, 6.07) is 6.55. The summed E-state index contributed by atoms with van der Waals surface area (Å²) in [5.74, 6) is -1.78. The Kier molecular flexibility index (Phi) is 5.96. The summed E-state index contributed by atoms with van der Waals surface area (Å²) in [7, 11) is -4.03. The largest absolute Gasteiger partial charge is 0.379 e. The van der Waals surface area contributed by atoms with Crippen molar-refractivity contribution in [3.63, 3.8) is 0 Å². The van der Waals surface area contributed by atoms with Crippen LogP contribution in [0.5, 0.6) is 0 Å². The predicted octanol–water partition coefficient (Wildman–Crippen LogP) is 2.26. The molecule has 9 nitrogen and oxygen atoms in total. The lowest BCUT2D eigenvalue weighted by molar-refractivity contribution is 0.0719. The van der Waals surface area contributed by atoms with Gasteiger partial charge in [0.15, 0.2) is 0 Å². The van der Waals surface area contributed by atoms with Crippen molar-refractivity contribution in [1.82, 2.24) is 18.6 Å². The van der Waals surface area contributed by atoms with Gasteiger partial charge in [-0.15, -0.1) is 0 Å². The number of benzene rings is 1. The van der Waals surface area contributed by atoms with E-state index < -0.39 is 27.8 Å². The van der Waals surface area contributed by atoms with E-state index in [1.807, 2.05) is 4.90 Å². The topological polar surface area (TPSA) is 96.2 Å². The van der Waals surface area contributed by atoms with Crippen molar-refractivity contribution in [2.24, 2.45) is 0 Å². The molecule has 4 heterocycles. The molecule has 1 atom stereocenters. The van der Waals surface area contributed by atoms with E-state index in [-0.39, 0.29) is 43.5 Å². The normalized spacial score (nSPS) is 19.6. The maximum atomic E-state index is 14.5. The van der Waals surface area contributed by atoms with Gasteiger partial charge in [0.05, 0.1) is 36.5 Å². The van der Waals surface area contributed by atoms with Gasteiger partial charge in [-0.3, -0.25) is 4.79 Å². The minimum absolute atomic E-state index is 0.0892. The number of rotatable bonds is 5. The lowest BCUT2D eigenvalue weighted by Gasteiger charge is -2.27. The Bertz CT molecular complexity index is 1340. The monoisotopic (exact) mass is 491 g/mol. The third-order valence-electron chi connectivity index (χ3n) is 6.18. The maximum absolute atomic E-state index is 14.5. The number of halogens is 2. The second-order valence-electron chi connectivity index (χ2n) is 8.24. The second kappa shape index (κ2) is 8.93. The summed E-state index contributed by atoms with van der Waals surface area (Å²) >= 11 is 0. The Balaban J connectivity index is 1.44. The second-order valence-corrected chi connectivity index (χ2v) is 9.91. The highest BCUT2D eigenvalue weighted by molar-refractivity contribution is 7.87. The highest BCUT2D eigenvalue weighted by Crippen LogP contribution is 2.38. The molecule has 0 radical (unpaired) electrons. The smallest absolute Gasteiger partial charge is 0.304 e. The average Bonchev–Trinajstić information content (AvgIpc) is 3.48. The Morgan fingerprint density at radius 3 is 2.71 bits per heavy atom. The zero-order valence-corrected chi connectivity index (χ0v) is 19.0. The maximum Gasteiger partial charge on any atom is 0.304 e. The van der Waals surface area contributed by atoms with E-state index >= 15 is 0 Å². The van der Waals surface area contributed by atoms with E-state index in [2.05, 4.69) is 9.82 Å². The fourth-order valence-electron chi connectivity index (χ4n) is 4.52. The highest BCUT2D eigenvalue weighted by atomic mass is 32.2. The van der Waals surface area contributed by atoms with Crippen molar-refractivity contribution < 1.29 is 26.7 Å². The first-order chi connectivity index (χ1) is 16.3. The predicted molar refractivity (Wildman–Crippen MR) is 120 cm³/mol. The van der Waals surface area contributed by atoms with E-state index in [0.29, 0.717) is 24.2 Å². The molecule has 0 aliphatic carbocycles. The molecule has 2 aromatic heterocycles. The van der Waals surface area contributed by atoms with Gasteiger partial charge in [-0.05, 0) is 43.2 Å². The summed E-state index contributed by atoms with van der Waals surface area (Å²) < 4.78 is 63.4. The zero-order valence-electron chi connectivity index (χ0n) is 18.2. The van der Waals surface area contributed by atoms with Crippen LogP contribution < -0.4 is 9.62 Å². The molecule has 1 unspecified atom stereocenters. The first kappa shape index (κ1) is 22.7. The molecule has 34 heavy (non-hydrogen) atoms. The summed E-state index contributed by atoms with van der Waals surface area (Å²) in [4.78, 5) is 14.8. The minimum Gasteiger partial charge on any atom is -0.379 e. The van der Waals surface area contributed by atoms with Crippen molar-refractivity contribution >= 4 is 27.3 Å². The van der Waals surface area contributed by atoms with Gasteiger partial charge in [0.25, 0.3) is 5.91 Å². The Labute approximate surface area is 195 Å². The summed E-state index contributed by atoms with van der Waals surface area (Å²) in [5, 5.41) is 4.15. The number of nitrogens with one attached hydrogen (secondary N) is 1. The average molecular weight is 492 g/mol. The molecular weight excluding hydrogens is 468 g/mol. The minimum atomic E-state index is -4.03. The number of anilines is 1. The highest BCUT2D eigenvalue weighted by Gasteiger charge is 2.30. The van der Waals surface area contributed by atoms with Crippen LogP contribution in [0, 0.1) is 11.6 Å². The Morgan fingerprint density at radius 2 is 1.91 bits per heavy atom. The van der Waals surface area contributed by atoms with Crippen molar-refractivity contribution in [3.05, 3.63) is 65.5 Å². The third-order valence-corrected chi connectivity index (χ3v) is 7.67. The van der Waals surface area contributed by atoms with Crippen LogP contribution in [0.4, 0.5) is 14.5 Å². The van der Waals surface area contributed by atoms with Crippen LogP contribution in [0.15, 0.2) is 42.7 Å². The molecule has 12 heteroatoms. The van der Waals surface area contributed by atoms with E-state index in [0.717, 1.165) is 22.9 Å². The van der Waals surface area contributed by atoms with E-state index in [9.17, 15) is 22.0 Å².